The van der Waals surface area contributed by atoms with Gasteiger partial charge in [-0.3, -0.25) is 9.59 Å². The van der Waals surface area contributed by atoms with E-state index in [4.69, 9.17) is 9.47 Å². The Labute approximate surface area is 153 Å². The molecule has 0 radical (unpaired) electrons. The van der Waals surface area contributed by atoms with Crippen molar-refractivity contribution in [1.29, 1.82) is 0 Å². The van der Waals surface area contributed by atoms with Crippen LogP contribution in [0.4, 0.5) is 0 Å². The lowest BCUT2D eigenvalue weighted by molar-refractivity contribution is -0.166. The molecule has 0 aromatic carbocycles. The summed E-state index contributed by atoms with van der Waals surface area (Å²) in [5.41, 5.74) is -0.911. The molecular weight excluding hydrogens is 316 g/mol. The van der Waals surface area contributed by atoms with Gasteiger partial charge in [0.15, 0.2) is 0 Å². The van der Waals surface area contributed by atoms with Crippen molar-refractivity contribution >= 4 is 11.9 Å². The van der Waals surface area contributed by atoms with E-state index in [1.807, 2.05) is 26.0 Å². The highest BCUT2D eigenvalue weighted by molar-refractivity contribution is 5.87. The number of unbranched alkanes of at least 4 members (excludes halogenated alkanes) is 5. The Balaban J connectivity index is 2.48. The zero-order valence-electron chi connectivity index (χ0n) is 16.5. The topological polar surface area (TPSA) is 52.6 Å². The fourth-order valence-corrected chi connectivity index (χ4v) is 3.13. The monoisotopic (exact) mass is 352 g/mol. The zero-order valence-corrected chi connectivity index (χ0v) is 16.5. The SMILES string of the molecule is CCCCCCCCOC(=O)C1CCC=CC1(C)C(=O)OCC(C)C. The fraction of sp³-hybridized carbons (Fsp3) is 0.810. The van der Waals surface area contributed by atoms with E-state index in [1.54, 1.807) is 6.92 Å². The smallest absolute Gasteiger partial charge is 0.316 e. The van der Waals surface area contributed by atoms with Crippen molar-refractivity contribution in [3.05, 3.63) is 12.2 Å². The van der Waals surface area contributed by atoms with Crippen molar-refractivity contribution < 1.29 is 19.1 Å². The van der Waals surface area contributed by atoms with Crippen LogP contribution >= 0.6 is 0 Å². The summed E-state index contributed by atoms with van der Waals surface area (Å²) in [6.45, 7) is 8.81. The highest BCUT2D eigenvalue weighted by atomic mass is 16.5. The number of hydrogen-bond donors (Lipinski definition) is 0. The van der Waals surface area contributed by atoms with Gasteiger partial charge < -0.3 is 9.47 Å². The first-order valence-electron chi connectivity index (χ1n) is 9.93. The first-order chi connectivity index (χ1) is 11.9. The molecule has 0 aliphatic heterocycles. The van der Waals surface area contributed by atoms with Crippen LogP contribution in [-0.2, 0) is 19.1 Å². The third-order valence-electron chi connectivity index (χ3n) is 4.82. The van der Waals surface area contributed by atoms with E-state index in [0.717, 1.165) is 19.3 Å². The van der Waals surface area contributed by atoms with Gasteiger partial charge in [0.2, 0.25) is 0 Å². The number of carbonyl (C=O) groups excluding carboxylic acids is 2. The number of carbonyl (C=O) groups is 2. The van der Waals surface area contributed by atoms with Crippen LogP contribution in [0.5, 0.6) is 0 Å². The van der Waals surface area contributed by atoms with Crippen molar-refractivity contribution in [1.82, 2.24) is 0 Å². The summed E-state index contributed by atoms with van der Waals surface area (Å²) in [6, 6.07) is 0. The third kappa shape index (κ3) is 7.21. The maximum atomic E-state index is 12.5. The van der Waals surface area contributed by atoms with Gasteiger partial charge in [-0.15, -0.1) is 0 Å². The molecule has 0 spiro atoms. The Morgan fingerprint density at radius 2 is 1.80 bits per heavy atom. The molecule has 0 heterocycles. The summed E-state index contributed by atoms with van der Waals surface area (Å²) >= 11 is 0. The standard InChI is InChI=1S/C21H36O4/c1-5-6-7-8-9-12-15-24-19(22)18-13-10-11-14-21(18,4)20(23)25-16-17(2)3/h11,14,17-18H,5-10,12-13,15-16H2,1-4H3. The van der Waals surface area contributed by atoms with E-state index in [2.05, 4.69) is 6.92 Å². The number of esters is 2. The van der Waals surface area contributed by atoms with Crippen molar-refractivity contribution in [3.63, 3.8) is 0 Å². The molecule has 0 amide bonds. The van der Waals surface area contributed by atoms with Gasteiger partial charge in [-0.05, 0) is 32.1 Å². The first kappa shape index (κ1) is 21.7. The van der Waals surface area contributed by atoms with E-state index in [9.17, 15) is 9.59 Å². The molecule has 4 heteroatoms. The first-order valence-corrected chi connectivity index (χ1v) is 9.93. The molecule has 0 aromatic heterocycles. The molecule has 4 nitrogen and oxygen atoms in total. The minimum Gasteiger partial charge on any atom is -0.465 e. The quantitative estimate of drug-likeness (QED) is 0.296. The molecular formula is C21H36O4. The maximum absolute atomic E-state index is 12.5. The predicted octanol–water partition coefficient (Wildman–Crippen LogP) is 5.06. The van der Waals surface area contributed by atoms with E-state index < -0.39 is 11.3 Å². The molecule has 25 heavy (non-hydrogen) atoms. The third-order valence-corrected chi connectivity index (χ3v) is 4.82. The molecule has 2 atom stereocenters. The Morgan fingerprint density at radius 3 is 2.48 bits per heavy atom. The fourth-order valence-electron chi connectivity index (χ4n) is 3.13. The molecule has 0 saturated carbocycles. The average molecular weight is 353 g/mol. The number of allylic oxidation sites excluding steroid dienone is 1. The molecule has 0 N–H and O–H groups in total. The van der Waals surface area contributed by atoms with Crippen LogP contribution in [0, 0.1) is 17.3 Å². The molecule has 144 valence electrons. The molecule has 2 unspecified atom stereocenters. The van der Waals surface area contributed by atoms with E-state index in [1.165, 1.54) is 25.7 Å². The van der Waals surface area contributed by atoms with Crippen LogP contribution < -0.4 is 0 Å². The summed E-state index contributed by atoms with van der Waals surface area (Å²) in [5.74, 6) is -0.754. The maximum Gasteiger partial charge on any atom is 0.316 e. The Kier molecular flexibility index (Phi) is 9.84. The second-order valence-corrected chi connectivity index (χ2v) is 7.74. The predicted molar refractivity (Wildman–Crippen MR) is 100 cm³/mol. The van der Waals surface area contributed by atoms with Crippen LogP contribution in [-0.4, -0.2) is 25.2 Å². The largest absolute Gasteiger partial charge is 0.465 e. The lowest BCUT2D eigenvalue weighted by Crippen LogP contribution is -2.42. The van der Waals surface area contributed by atoms with Gasteiger partial charge >= 0.3 is 11.9 Å². The van der Waals surface area contributed by atoms with Crippen LogP contribution in [0.3, 0.4) is 0 Å². The summed E-state index contributed by atoms with van der Waals surface area (Å²) in [6.07, 6.45) is 12.2. The Bertz CT molecular complexity index is 441. The normalized spacial score (nSPS) is 22.8. The van der Waals surface area contributed by atoms with Crippen molar-refractivity contribution in [2.24, 2.45) is 17.3 Å². The van der Waals surface area contributed by atoms with Gasteiger partial charge in [0.1, 0.15) is 0 Å². The molecule has 0 fully saturated rings. The number of ether oxygens (including phenoxy) is 2. The van der Waals surface area contributed by atoms with Crippen LogP contribution in [0.1, 0.15) is 79.1 Å². The molecule has 1 rings (SSSR count). The van der Waals surface area contributed by atoms with E-state index in [-0.39, 0.29) is 17.9 Å². The van der Waals surface area contributed by atoms with Gasteiger partial charge in [-0.25, -0.2) is 0 Å². The lowest BCUT2D eigenvalue weighted by atomic mass is 9.71. The second-order valence-electron chi connectivity index (χ2n) is 7.74. The number of rotatable bonds is 11. The van der Waals surface area contributed by atoms with Crippen LogP contribution in [0.25, 0.3) is 0 Å². The van der Waals surface area contributed by atoms with Gasteiger partial charge in [0, 0.05) is 0 Å². The van der Waals surface area contributed by atoms with E-state index in [0.29, 0.717) is 19.6 Å². The molecule has 1 aliphatic rings. The van der Waals surface area contributed by atoms with Gasteiger partial charge in [0.25, 0.3) is 0 Å². The number of hydrogen-bond acceptors (Lipinski definition) is 4. The summed E-state index contributed by atoms with van der Waals surface area (Å²) in [7, 11) is 0. The Hall–Kier alpha value is -1.32. The minimum absolute atomic E-state index is 0.262. The van der Waals surface area contributed by atoms with Gasteiger partial charge in [0.05, 0.1) is 24.5 Å². The van der Waals surface area contributed by atoms with Crippen molar-refractivity contribution in [3.8, 4) is 0 Å². The lowest BCUT2D eigenvalue weighted by Gasteiger charge is -2.34. The molecule has 0 saturated heterocycles. The summed E-state index contributed by atoms with van der Waals surface area (Å²) in [5, 5.41) is 0. The Morgan fingerprint density at radius 1 is 1.12 bits per heavy atom. The van der Waals surface area contributed by atoms with Gasteiger partial charge in [-0.2, -0.15) is 0 Å². The molecule has 1 aliphatic carbocycles. The van der Waals surface area contributed by atoms with E-state index >= 15 is 0 Å². The molecule has 0 aromatic rings. The van der Waals surface area contributed by atoms with Crippen molar-refractivity contribution in [2.45, 2.75) is 79.1 Å². The highest BCUT2D eigenvalue weighted by Gasteiger charge is 2.46. The minimum atomic E-state index is -0.911. The second kappa shape index (κ2) is 11.3. The van der Waals surface area contributed by atoms with Gasteiger partial charge in [-0.1, -0.05) is 65.0 Å². The summed E-state index contributed by atoms with van der Waals surface area (Å²) in [4.78, 5) is 25.1. The van der Waals surface area contributed by atoms with Crippen LogP contribution in [0.15, 0.2) is 12.2 Å². The molecule has 0 bridgehead atoms. The van der Waals surface area contributed by atoms with Crippen molar-refractivity contribution in [2.75, 3.05) is 13.2 Å². The summed E-state index contributed by atoms with van der Waals surface area (Å²) < 4.78 is 10.9. The van der Waals surface area contributed by atoms with Crippen LogP contribution in [0.2, 0.25) is 0 Å². The zero-order chi connectivity index (χ0) is 18.7. The average Bonchev–Trinajstić information content (AvgIpc) is 2.58. The highest BCUT2D eigenvalue weighted by Crippen LogP contribution is 2.38.